The Morgan fingerprint density at radius 1 is 0.958 bits per heavy atom. The zero-order valence-electron chi connectivity index (χ0n) is 13.8. The van der Waals surface area contributed by atoms with Gasteiger partial charge in [0.05, 0.1) is 5.52 Å². The van der Waals surface area contributed by atoms with Crippen molar-refractivity contribution in [2.75, 3.05) is 11.9 Å². The molecule has 0 bridgehead atoms. The van der Waals surface area contributed by atoms with Crippen LogP contribution in [0.3, 0.4) is 0 Å². The van der Waals surface area contributed by atoms with Crippen molar-refractivity contribution >= 4 is 16.6 Å². The summed E-state index contributed by atoms with van der Waals surface area (Å²) in [7, 11) is 0. The number of para-hydroxylation sites is 1. The average Bonchev–Trinajstić information content (AvgIpc) is 2.63. The maximum absolute atomic E-state index is 9.39. The van der Waals surface area contributed by atoms with Gasteiger partial charge in [-0.3, -0.25) is 4.98 Å². The lowest BCUT2D eigenvalue weighted by atomic mass is 9.92. The van der Waals surface area contributed by atoms with Crippen molar-refractivity contribution in [2.45, 2.75) is 32.1 Å². The molecule has 0 spiro atoms. The highest BCUT2D eigenvalue weighted by molar-refractivity contribution is 5.93. The summed E-state index contributed by atoms with van der Waals surface area (Å²) in [5.41, 5.74) is 6.27. The first-order valence-electron chi connectivity index (χ1n) is 8.73. The van der Waals surface area contributed by atoms with Gasteiger partial charge in [-0.05, 0) is 61.4 Å². The normalized spacial score (nSPS) is 13.7. The van der Waals surface area contributed by atoms with Crippen LogP contribution >= 0.6 is 0 Å². The lowest BCUT2D eigenvalue weighted by molar-refractivity contribution is 0.475. The third kappa shape index (κ3) is 2.94. The molecular formula is C21H22N2O. The second-order valence-electron chi connectivity index (χ2n) is 6.48. The van der Waals surface area contributed by atoms with Gasteiger partial charge < -0.3 is 10.4 Å². The number of pyridine rings is 1. The first kappa shape index (κ1) is 15.0. The number of phenolic OH excluding ortho intramolecular Hbond substituents is 1. The Morgan fingerprint density at radius 2 is 1.75 bits per heavy atom. The monoisotopic (exact) mass is 318 g/mol. The third-order valence-electron chi connectivity index (χ3n) is 4.82. The van der Waals surface area contributed by atoms with E-state index in [1.807, 2.05) is 12.1 Å². The highest BCUT2D eigenvalue weighted by atomic mass is 16.3. The van der Waals surface area contributed by atoms with E-state index in [1.165, 1.54) is 40.7 Å². The topological polar surface area (TPSA) is 45.1 Å². The van der Waals surface area contributed by atoms with E-state index in [1.54, 1.807) is 12.1 Å². The van der Waals surface area contributed by atoms with Gasteiger partial charge in [0, 0.05) is 23.3 Å². The van der Waals surface area contributed by atoms with Gasteiger partial charge in [-0.1, -0.05) is 30.3 Å². The van der Waals surface area contributed by atoms with Crippen molar-refractivity contribution in [1.29, 1.82) is 0 Å². The second-order valence-corrected chi connectivity index (χ2v) is 6.48. The molecule has 3 aromatic rings. The van der Waals surface area contributed by atoms with Crippen molar-refractivity contribution in [3.05, 3.63) is 65.4 Å². The van der Waals surface area contributed by atoms with Crippen molar-refractivity contribution < 1.29 is 5.11 Å². The van der Waals surface area contributed by atoms with E-state index < -0.39 is 0 Å². The van der Waals surface area contributed by atoms with E-state index in [0.29, 0.717) is 5.75 Å². The summed E-state index contributed by atoms with van der Waals surface area (Å²) in [4.78, 5) is 4.88. The van der Waals surface area contributed by atoms with E-state index in [9.17, 15) is 5.11 Å². The van der Waals surface area contributed by atoms with Crippen LogP contribution in [0, 0.1) is 0 Å². The van der Waals surface area contributed by atoms with Crippen LogP contribution in [0.15, 0.2) is 48.5 Å². The van der Waals surface area contributed by atoms with Crippen LogP contribution in [0.2, 0.25) is 0 Å². The lowest BCUT2D eigenvalue weighted by Gasteiger charge is -2.21. The van der Waals surface area contributed by atoms with Crippen LogP contribution in [0.5, 0.6) is 5.75 Å². The molecule has 1 aliphatic rings. The minimum atomic E-state index is 0.320. The van der Waals surface area contributed by atoms with Gasteiger partial charge in [0.15, 0.2) is 0 Å². The van der Waals surface area contributed by atoms with Crippen molar-refractivity contribution in [2.24, 2.45) is 0 Å². The molecule has 1 aliphatic carbocycles. The number of nitrogens with one attached hydrogen (secondary N) is 1. The number of anilines is 1. The number of aryl methyl sites for hydroxylation is 1. The minimum Gasteiger partial charge on any atom is -0.508 e. The fraction of sp³-hybridized carbons (Fsp3) is 0.286. The van der Waals surface area contributed by atoms with E-state index in [-0.39, 0.29) is 0 Å². The molecule has 0 fully saturated rings. The van der Waals surface area contributed by atoms with Crippen LogP contribution in [0.4, 0.5) is 5.69 Å². The quantitative estimate of drug-likeness (QED) is 0.746. The molecule has 2 N–H and O–H groups in total. The summed E-state index contributed by atoms with van der Waals surface area (Å²) in [6.45, 7) is 0.880. The molecule has 0 unspecified atom stereocenters. The molecule has 0 aliphatic heterocycles. The highest BCUT2D eigenvalue weighted by Gasteiger charge is 2.17. The van der Waals surface area contributed by atoms with Crippen LogP contribution in [0.1, 0.15) is 29.7 Å². The van der Waals surface area contributed by atoms with Crippen LogP contribution in [-0.2, 0) is 19.3 Å². The largest absolute Gasteiger partial charge is 0.508 e. The number of hydrogen-bond donors (Lipinski definition) is 2. The lowest BCUT2D eigenvalue weighted by Crippen LogP contribution is -2.13. The molecule has 0 amide bonds. The molecule has 0 saturated heterocycles. The molecule has 4 rings (SSSR count). The Labute approximate surface area is 142 Å². The molecule has 2 aromatic carbocycles. The molecule has 0 atom stereocenters. The zero-order valence-corrected chi connectivity index (χ0v) is 13.8. The number of nitrogens with zero attached hydrogens (tertiary/aromatic N) is 1. The summed E-state index contributed by atoms with van der Waals surface area (Å²) in [5.74, 6) is 0.320. The Hall–Kier alpha value is -2.55. The average molecular weight is 318 g/mol. The maximum Gasteiger partial charge on any atom is 0.115 e. The Bertz CT molecular complexity index is 856. The summed E-state index contributed by atoms with van der Waals surface area (Å²) in [6.07, 6.45) is 5.64. The van der Waals surface area contributed by atoms with Crippen LogP contribution < -0.4 is 5.32 Å². The smallest absolute Gasteiger partial charge is 0.115 e. The number of aromatic hydroxyl groups is 1. The molecule has 3 nitrogen and oxygen atoms in total. The Morgan fingerprint density at radius 3 is 2.62 bits per heavy atom. The van der Waals surface area contributed by atoms with Gasteiger partial charge in [-0.15, -0.1) is 0 Å². The number of rotatable bonds is 4. The predicted octanol–water partition coefficient (Wildman–Crippen LogP) is 4.47. The molecular weight excluding hydrogens is 296 g/mol. The third-order valence-corrected chi connectivity index (χ3v) is 4.82. The van der Waals surface area contributed by atoms with Crippen molar-refractivity contribution in [3.63, 3.8) is 0 Å². The van der Waals surface area contributed by atoms with Gasteiger partial charge in [0.1, 0.15) is 5.75 Å². The molecule has 0 radical (unpaired) electrons. The SMILES string of the molecule is Oc1ccc(CCNc2c3c(nc4ccccc24)CCCC3)cc1. The molecule has 3 heteroatoms. The molecule has 24 heavy (non-hydrogen) atoms. The van der Waals surface area contributed by atoms with Gasteiger partial charge in [0.25, 0.3) is 0 Å². The molecule has 122 valence electrons. The van der Waals surface area contributed by atoms with Gasteiger partial charge in [-0.2, -0.15) is 0 Å². The molecule has 0 saturated carbocycles. The standard InChI is InChI=1S/C21H22N2O/c24-16-11-9-15(10-12-16)13-14-22-21-17-5-1-3-7-19(17)23-20-8-4-2-6-18(20)21/h1,3,5,7,9-12,24H,2,4,6,8,13-14H2,(H,22,23). The predicted molar refractivity (Wildman–Crippen MR) is 98.7 cm³/mol. The van der Waals surface area contributed by atoms with Crippen LogP contribution in [0.25, 0.3) is 10.9 Å². The summed E-state index contributed by atoms with van der Waals surface area (Å²) in [6, 6.07) is 15.9. The Balaban J connectivity index is 1.61. The van der Waals surface area contributed by atoms with E-state index in [2.05, 4.69) is 29.6 Å². The van der Waals surface area contributed by atoms with Gasteiger partial charge in [-0.25, -0.2) is 0 Å². The van der Waals surface area contributed by atoms with E-state index in [4.69, 9.17) is 4.98 Å². The highest BCUT2D eigenvalue weighted by Crippen LogP contribution is 2.33. The van der Waals surface area contributed by atoms with E-state index in [0.717, 1.165) is 31.3 Å². The van der Waals surface area contributed by atoms with Crippen molar-refractivity contribution in [3.8, 4) is 5.75 Å². The first-order valence-corrected chi connectivity index (χ1v) is 8.73. The van der Waals surface area contributed by atoms with Crippen LogP contribution in [-0.4, -0.2) is 16.6 Å². The number of phenols is 1. The number of hydrogen-bond acceptors (Lipinski definition) is 3. The zero-order chi connectivity index (χ0) is 16.4. The summed E-state index contributed by atoms with van der Waals surface area (Å²) in [5, 5.41) is 14.3. The summed E-state index contributed by atoms with van der Waals surface area (Å²) < 4.78 is 0. The van der Waals surface area contributed by atoms with Crippen molar-refractivity contribution in [1.82, 2.24) is 4.98 Å². The fourth-order valence-electron chi connectivity index (χ4n) is 3.57. The summed E-state index contributed by atoms with van der Waals surface area (Å²) >= 11 is 0. The number of benzene rings is 2. The fourth-order valence-corrected chi connectivity index (χ4v) is 3.57. The molecule has 1 heterocycles. The van der Waals surface area contributed by atoms with Gasteiger partial charge >= 0.3 is 0 Å². The second kappa shape index (κ2) is 6.52. The number of fused-ring (bicyclic) bond motifs is 2. The van der Waals surface area contributed by atoms with Gasteiger partial charge in [0.2, 0.25) is 0 Å². The maximum atomic E-state index is 9.39. The minimum absolute atomic E-state index is 0.320. The first-order chi connectivity index (χ1) is 11.8. The van der Waals surface area contributed by atoms with E-state index >= 15 is 0 Å². The molecule has 1 aromatic heterocycles. The Kier molecular flexibility index (Phi) is 4.08. The number of aromatic nitrogens is 1.